The molecule has 0 amide bonds. The van der Waals surface area contributed by atoms with Crippen LogP contribution in [0.5, 0.6) is 11.5 Å². The van der Waals surface area contributed by atoms with Gasteiger partial charge in [0.2, 0.25) is 0 Å². The van der Waals surface area contributed by atoms with Crippen LogP contribution in [0.4, 0.5) is 8.78 Å². The average molecular weight is 376 g/mol. The van der Waals surface area contributed by atoms with Crippen molar-refractivity contribution in [2.45, 2.75) is 20.1 Å². The molecule has 6 nitrogen and oxygen atoms in total. The van der Waals surface area contributed by atoms with Crippen molar-refractivity contribution >= 4 is 16.9 Å². The van der Waals surface area contributed by atoms with Crippen LogP contribution in [0.2, 0.25) is 0 Å². The number of alkyl halides is 2. The van der Waals surface area contributed by atoms with Crippen LogP contribution < -0.4 is 10.4 Å². The summed E-state index contributed by atoms with van der Waals surface area (Å²) in [5.74, 6) is -0.801. The molecule has 0 spiro atoms. The van der Waals surface area contributed by atoms with Gasteiger partial charge in [0.25, 0.3) is 0 Å². The topological polar surface area (TPSA) is 86.0 Å². The third-order valence-electron chi connectivity index (χ3n) is 3.89. The first kappa shape index (κ1) is 18.4. The van der Waals surface area contributed by atoms with Gasteiger partial charge < -0.3 is 19.0 Å². The normalized spacial score (nSPS) is 11.0. The van der Waals surface area contributed by atoms with E-state index in [4.69, 9.17) is 9.15 Å². The van der Waals surface area contributed by atoms with Crippen LogP contribution in [0, 0.1) is 6.92 Å². The summed E-state index contributed by atoms with van der Waals surface area (Å²) in [6, 6.07) is 9.24. The van der Waals surface area contributed by atoms with Crippen LogP contribution >= 0.6 is 0 Å². The molecular weight excluding hydrogens is 362 g/mol. The number of rotatable bonds is 5. The Balaban J connectivity index is 1.79. The molecule has 3 aromatic rings. The number of hydrogen-bond donors (Lipinski definition) is 1. The summed E-state index contributed by atoms with van der Waals surface area (Å²) in [7, 11) is 0. The summed E-state index contributed by atoms with van der Waals surface area (Å²) in [6.45, 7) is -1.57. The fourth-order valence-corrected chi connectivity index (χ4v) is 2.53. The van der Waals surface area contributed by atoms with Crippen LogP contribution in [-0.4, -0.2) is 17.7 Å². The lowest BCUT2D eigenvalue weighted by molar-refractivity contribution is -0.0498. The van der Waals surface area contributed by atoms with Gasteiger partial charge in [-0.05, 0) is 43.3 Å². The number of ether oxygens (including phenoxy) is 2. The molecule has 2 aromatic carbocycles. The predicted molar refractivity (Wildman–Crippen MR) is 91.1 cm³/mol. The van der Waals surface area contributed by atoms with E-state index in [1.54, 1.807) is 13.0 Å². The van der Waals surface area contributed by atoms with Gasteiger partial charge in [-0.15, -0.1) is 0 Å². The molecular formula is C19H14F2O6. The Labute approximate surface area is 151 Å². The minimum Gasteiger partial charge on any atom is -0.508 e. The molecule has 0 saturated carbocycles. The van der Waals surface area contributed by atoms with E-state index >= 15 is 0 Å². The molecule has 8 heteroatoms. The highest BCUT2D eigenvalue weighted by Crippen LogP contribution is 2.27. The van der Waals surface area contributed by atoms with Crippen molar-refractivity contribution in [3.63, 3.8) is 0 Å². The Hall–Kier alpha value is -3.42. The van der Waals surface area contributed by atoms with Crippen LogP contribution in [0.15, 0.2) is 51.7 Å². The van der Waals surface area contributed by atoms with Crippen molar-refractivity contribution in [2.75, 3.05) is 0 Å². The van der Waals surface area contributed by atoms with E-state index in [-0.39, 0.29) is 29.3 Å². The molecule has 27 heavy (non-hydrogen) atoms. The smallest absolute Gasteiger partial charge is 0.387 e. The molecule has 0 aliphatic rings. The maximum Gasteiger partial charge on any atom is 0.387 e. The Morgan fingerprint density at radius 2 is 1.89 bits per heavy atom. The van der Waals surface area contributed by atoms with Crippen LogP contribution in [0.1, 0.15) is 21.5 Å². The Kier molecular flexibility index (Phi) is 5.07. The lowest BCUT2D eigenvalue weighted by Crippen LogP contribution is -2.08. The summed E-state index contributed by atoms with van der Waals surface area (Å²) < 4.78 is 38.8. The zero-order valence-corrected chi connectivity index (χ0v) is 14.1. The third-order valence-corrected chi connectivity index (χ3v) is 3.89. The number of benzene rings is 2. The van der Waals surface area contributed by atoms with Crippen molar-refractivity contribution in [1.82, 2.24) is 0 Å². The second-order valence-corrected chi connectivity index (χ2v) is 5.66. The van der Waals surface area contributed by atoms with E-state index in [0.29, 0.717) is 16.5 Å². The maximum absolute atomic E-state index is 12.1. The molecule has 0 saturated heterocycles. The quantitative estimate of drug-likeness (QED) is 0.539. The van der Waals surface area contributed by atoms with Gasteiger partial charge in [-0.2, -0.15) is 8.78 Å². The van der Waals surface area contributed by atoms with E-state index in [1.807, 2.05) is 0 Å². The average Bonchev–Trinajstić information content (AvgIpc) is 2.63. The summed E-state index contributed by atoms with van der Waals surface area (Å²) in [5.41, 5.74) is 0.512. The van der Waals surface area contributed by atoms with E-state index in [9.17, 15) is 23.5 Å². The fourth-order valence-electron chi connectivity index (χ4n) is 2.53. The summed E-state index contributed by atoms with van der Waals surface area (Å²) in [5, 5.41) is 10.3. The highest BCUT2D eigenvalue weighted by atomic mass is 19.3. The summed E-state index contributed by atoms with van der Waals surface area (Å²) >= 11 is 0. The van der Waals surface area contributed by atoms with E-state index in [2.05, 4.69) is 4.74 Å². The van der Waals surface area contributed by atoms with Crippen LogP contribution in [-0.2, 0) is 11.3 Å². The standard InChI is InChI=1S/C19H14F2O6/c1-10-15(22)7-6-14-12(8-16(23)27-17(10)14)9-25-18(24)11-2-4-13(5-3-11)26-19(20)21/h2-8,19,22H,9H2,1H3. The van der Waals surface area contributed by atoms with E-state index in [0.717, 1.165) is 0 Å². The first-order valence-electron chi connectivity index (χ1n) is 7.82. The van der Waals surface area contributed by atoms with Gasteiger partial charge in [-0.3, -0.25) is 0 Å². The number of fused-ring (bicyclic) bond motifs is 1. The Bertz CT molecular complexity index is 1040. The number of aryl methyl sites for hydroxylation is 1. The molecule has 3 rings (SSSR count). The van der Waals surface area contributed by atoms with Crippen molar-refractivity contribution < 1.29 is 32.6 Å². The minimum absolute atomic E-state index is 0.0223. The largest absolute Gasteiger partial charge is 0.508 e. The second-order valence-electron chi connectivity index (χ2n) is 5.66. The van der Waals surface area contributed by atoms with E-state index < -0.39 is 18.2 Å². The van der Waals surface area contributed by atoms with Gasteiger partial charge in [-0.1, -0.05) is 0 Å². The molecule has 1 N–H and O–H groups in total. The molecule has 0 unspecified atom stereocenters. The van der Waals surface area contributed by atoms with Crippen molar-refractivity contribution in [1.29, 1.82) is 0 Å². The molecule has 1 heterocycles. The molecule has 0 fully saturated rings. The first-order valence-corrected chi connectivity index (χ1v) is 7.82. The van der Waals surface area contributed by atoms with E-state index in [1.165, 1.54) is 36.4 Å². The zero-order chi connectivity index (χ0) is 19.6. The highest BCUT2D eigenvalue weighted by Gasteiger charge is 2.14. The van der Waals surface area contributed by atoms with Gasteiger partial charge in [0.1, 0.15) is 23.7 Å². The van der Waals surface area contributed by atoms with Gasteiger partial charge >= 0.3 is 18.2 Å². The molecule has 0 radical (unpaired) electrons. The summed E-state index contributed by atoms with van der Waals surface area (Å²) in [4.78, 5) is 23.9. The third kappa shape index (κ3) is 4.05. The Morgan fingerprint density at radius 3 is 2.56 bits per heavy atom. The van der Waals surface area contributed by atoms with Crippen LogP contribution in [0.3, 0.4) is 0 Å². The maximum atomic E-state index is 12.1. The van der Waals surface area contributed by atoms with Gasteiger partial charge in [-0.25, -0.2) is 9.59 Å². The summed E-state index contributed by atoms with van der Waals surface area (Å²) in [6.07, 6.45) is 0. The van der Waals surface area contributed by atoms with Crippen molar-refractivity contribution in [3.8, 4) is 11.5 Å². The number of phenolic OH excluding ortho intramolecular Hbond substituents is 1. The number of phenols is 1. The van der Waals surface area contributed by atoms with Gasteiger partial charge in [0, 0.05) is 22.6 Å². The van der Waals surface area contributed by atoms with Gasteiger partial charge in [0.15, 0.2) is 0 Å². The number of carbonyl (C=O) groups excluding carboxylic acids is 1. The monoisotopic (exact) mass is 376 g/mol. The highest BCUT2D eigenvalue weighted by molar-refractivity contribution is 5.90. The number of halogens is 2. The number of carbonyl (C=O) groups is 1. The zero-order valence-electron chi connectivity index (χ0n) is 14.1. The number of esters is 1. The first-order chi connectivity index (χ1) is 12.8. The van der Waals surface area contributed by atoms with Crippen molar-refractivity contribution in [3.05, 3.63) is 69.6 Å². The predicted octanol–water partition coefficient (Wildman–Crippen LogP) is 3.77. The van der Waals surface area contributed by atoms with Crippen molar-refractivity contribution in [2.24, 2.45) is 0 Å². The second kappa shape index (κ2) is 7.45. The lowest BCUT2D eigenvalue weighted by atomic mass is 10.1. The number of hydrogen-bond acceptors (Lipinski definition) is 6. The molecule has 0 aliphatic carbocycles. The minimum atomic E-state index is -2.95. The Morgan fingerprint density at radius 1 is 1.19 bits per heavy atom. The molecule has 1 aromatic heterocycles. The molecule has 0 atom stereocenters. The number of aromatic hydroxyl groups is 1. The molecule has 140 valence electrons. The fraction of sp³-hybridized carbons (Fsp3) is 0.158. The van der Waals surface area contributed by atoms with Crippen LogP contribution in [0.25, 0.3) is 11.0 Å². The SMILES string of the molecule is Cc1c(O)ccc2c(COC(=O)c3ccc(OC(F)F)cc3)cc(=O)oc12. The van der Waals surface area contributed by atoms with Gasteiger partial charge in [0.05, 0.1) is 5.56 Å². The molecule has 0 aliphatic heterocycles. The lowest BCUT2D eigenvalue weighted by Gasteiger charge is -2.09. The molecule has 0 bridgehead atoms.